The van der Waals surface area contributed by atoms with Crippen molar-refractivity contribution in [2.75, 3.05) is 39.1 Å². The van der Waals surface area contributed by atoms with Gasteiger partial charge in [-0.25, -0.2) is 8.42 Å². The monoisotopic (exact) mass is 292 g/mol. The summed E-state index contributed by atoms with van der Waals surface area (Å²) in [7, 11) is -1.58. The molecule has 1 aliphatic carbocycles. The molecule has 1 rings (SSSR count). The molecule has 1 atom stereocenters. The summed E-state index contributed by atoms with van der Waals surface area (Å²) in [5, 5.41) is 3.15. The number of methoxy groups -OCH3 is 1. The van der Waals surface area contributed by atoms with Gasteiger partial charge >= 0.3 is 0 Å². The highest BCUT2D eigenvalue weighted by molar-refractivity contribution is 7.89. The van der Waals surface area contributed by atoms with Crippen molar-refractivity contribution < 1.29 is 13.2 Å². The first-order valence-corrected chi connectivity index (χ1v) is 8.83. The van der Waals surface area contributed by atoms with Gasteiger partial charge in [0.1, 0.15) is 0 Å². The largest absolute Gasteiger partial charge is 0.383 e. The fourth-order valence-electron chi connectivity index (χ4n) is 2.21. The van der Waals surface area contributed by atoms with E-state index in [2.05, 4.69) is 12.2 Å². The minimum absolute atomic E-state index is 0.103. The molecule has 1 fully saturated rings. The van der Waals surface area contributed by atoms with E-state index in [4.69, 9.17) is 4.74 Å². The van der Waals surface area contributed by atoms with Crippen molar-refractivity contribution in [2.45, 2.75) is 39.2 Å². The molecule has 0 spiro atoms. The van der Waals surface area contributed by atoms with Gasteiger partial charge in [0.25, 0.3) is 0 Å². The summed E-state index contributed by atoms with van der Waals surface area (Å²) >= 11 is 0. The van der Waals surface area contributed by atoms with Crippen LogP contribution >= 0.6 is 0 Å². The lowest BCUT2D eigenvalue weighted by Gasteiger charge is -2.28. The molecule has 0 aliphatic heterocycles. The number of nitrogens with zero attached hydrogens (tertiary/aromatic N) is 1. The summed E-state index contributed by atoms with van der Waals surface area (Å²) in [6.45, 7) is 6.40. The van der Waals surface area contributed by atoms with Gasteiger partial charge in [-0.3, -0.25) is 0 Å². The Bertz CT molecular complexity index is 342. The van der Waals surface area contributed by atoms with Crippen molar-refractivity contribution in [1.29, 1.82) is 0 Å². The third-order valence-corrected chi connectivity index (χ3v) is 5.54. The van der Waals surface area contributed by atoms with Gasteiger partial charge in [0.05, 0.1) is 12.4 Å². The van der Waals surface area contributed by atoms with Crippen molar-refractivity contribution in [2.24, 2.45) is 5.92 Å². The molecule has 114 valence electrons. The summed E-state index contributed by atoms with van der Waals surface area (Å²) in [4.78, 5) is 0. The summed E-state index contributed by atoms with van der Waals surface area (Å²) < 4.78 is 31.5. The lowest BCUT2D eigenvalue weighted by atomic mass is 10.2. The van der Waals surface area contributed by atoms with Gasteiger partial charge in [-0.2, -0.15) is 4.31 Å². The maximum absolute atomic E-state index is 12.4. The van der Waals surface area contributed by atoms with Crippen LogP contribution in [0.2, 0.25) is 0 Å². The quantitative estimate of drug-likeness (QED) is 0.579. The Morgan fingerprint density at radius 3 is 2.58 bits per heavy atom. The van der Waals surface area contributed by atoms with Crippen molar-refractivity contribution in [3.05, 3.63) is 0 Å². The van der Waals surface area contributed by atoms with Crippen LogP contribution in [0.15, 0.2) is 0 Å². The maximum Gasteiger partial charge on any atom is 0.215 e. The molecule has 19 heavy (non-hydrogen) atoms. The highest BCUT2D eigenvalue weighted by atomic mass is 32.2. The normalized spacial score (nSPS) is 17.9. The highest BCUT2D eigenvalue weighted by Gasteiger charge is 2.36. The molecular weight excluding hydrogens is 264 g/mol. The molecule has 0 amide bonds. The Morgan fingerprint density at radius 1 is 1.37 bits per heavy atom. The van der Waals surface area contributed by atoms with Crippen LogP contribution < -0.4 is 5.32 Å². The lowest BCUT2D eigenvalue weighted by molar-refractivity contribution is 0.164. The number of ether oxygens (including phenoxy) is 1. The summed E-state index contributed by atoms with van der Waals surface area (Å²) in [6.07, 6.45) is 3.31. The Kier molecular flexibility index (Phi) is 7.28. The van der Waals surface area contributed by atoms with Crippen LogP contribution in [-0.2, 0) is 14.8 Å². The third-order valence-electron chi connectivity index (χ3n) is 3.60. The zero-order valence-corrected chi connectivity index (χ0v) is 13.2. The van der Waals surface area contributed by atoms with Gasteiger partial charge in [0.15, 0.2) is 0 Å². The lowest BCUT2D eigenvalue weighted by Crippen LogP contribution is -2.44. The van der Waals surface area contributed by atoms with Crippen LogP contribution in [-0.4, -0.2) is 57.9 Å². The molecule has 1 unspecified atom stereocenters. The van der Waals surface area contributed by atoms with E-state index in [0.29, 0.717) is 25.6 Å². The fraction of sp³-hybridized carbons (Fsp3) is 1.00. The second kappa shape index (κ2) is 8.19. The molecule has 0 aromatic rings. The van der Waals surface area contributed by atoms with Gasteiger partial charge in [0, 0.05) is 26.2 Å². The van der Waals surface area contributed by atoms with Crippen LogP contribution in [0.4, 0.5) is 0 Å². The molecule has 0 saturated heterocycles. The first kappa shape index (κ1) is 16.9. The molecule has 6 heteroatoms. The number of nitrogens with one attached hydrogen (secondary N) is 1. The molecule has 1 aliphatic rings. The Labute approximate surface area is 117 Å². The van der Waals surface area contributed by atoms with E-state index in [1.807, 2.05) is 6.92 Å². The molecule has 0 aromatic carbocycles. The molecule has 0 bridgehead atoms. The van der Waals surface area contributed by atoms with Crippen LogP contribution in [0.3, 0.4) is 0 Å². The molecule has 0 aromatic heterocycles. The molecule has 0 radical (unpaired) electrons. The van der Waals surface area contributed by atoms with Crippen molar-refractivity contribution in [3.8, 4) is 0 Å². The SMILES string of the molecule is CCCNCCS(=O)(=O)N(CCOC)C(C)C1CC1. The fourth-order valence-corrected chi connectivity index (χ4v) is 3.88. The average Bonchev–Trinajstić information content (AvgIpc) is 3.19. The van der Waals surface area contributed by atoms with E-state index in [0.717, 1.165) is 25.8 Å². The van der Waals surface area contributed by atoms with Gasteiger partial charge in [-0.1, -0.05) is 6.92 Å². The highest BCUT2D eigenvalue weighted by Crippen LogP contribution is 2.36. The Hall–Kier alpha value is -0.170. The Balaban J connectivity index is 2.54. The molecular formula is C13H28N2O3S. The van der Waals surface area contributed by atoms with E-state index in [9.17, 15) is 8.42 Å². The van der Waals surface area contributed by atoms with Crippen LogP contribution in [0, 0.1) is 5.92 Å². The zero-order valence-electron chi connectivity index (χ0n) is 12.4. The predicted molar refractivity (Wildman–Crippen MR) is 77.7 cm³/mol. The summed E-state index contributed by atoms with van der Waals surface area (Å²) in [6, 6.07) is 0.103. The van der Waals surface area contributed by atoms with E-state index in [-0.39, 0.29) is 11.8 Å². The van der Waals surface area contributed by atoms with Gasteiger partial charge < -0.3 is 10.1 Å². The maximum atomic E-state index is 12.4. The van der Waals surface area contributed by atoms with Crippen molar-refractivity contribution in [3.63, 3.8) is 0 Å². The molecule has 5 nitrogen and oxygen atoms in total. The molecule has 1 N–H and O–H groups in total. The third kappa shape index (κ3) is 5.77. The first-order valence-electron chi connectivity index (χ1n) is 7.22. The second-order valence-corrected chi connectivity index (χ2v) is 7.29. The summed E-state index contributed by atoms with van der Waals surface area (Å²) in [5.74, 6) is 0.712. The Morgan fingerprint density at radius 2 is 2.05 bits per heavy atom. The van der Waals surface area contributed by atoms with E-state index in [1.165, 1.54) is 0 Å². The van der Waals surface area contributed by atoms with Crippen LogP contribution in [0.5, 0.6) is 0 Å². The minimum atomic E-state index is -3.19. The topological polar surface area (TPSA) is 58.6 Å². The minimum Gasteiger partial charge on any atom is -0.383 e. The molecule has 0 heterocycles. The second-order valence-electron chi connectivity index (χ2n) is 5.25. The van der Waals surface area contributed by atoms with Crippen molar-refractivity contribution >= 4 is 10.0 Å². The van der Waals surface area contributed by atoms with Crippen molar-refractivity contribution in [1.82, 2.24) is 9.62 Å². The van der Waals surface area contributed by atoms with E-state index >= 15 is 0 Å². The number of hydrogen-bond donors (Lipinski definition) is 1. The number of hydrogen-bond acceptors (Lipinski definition) is 4. The van der Waals surface area contributed by atoms with E-state index in [1.54, 1.807) is 11.4 Å². The summed E-state index contributed by atoms with van der Waals surface area (Å²) in [5.41, 5.74) is 0. The number of rotatable bonds is 11. The van der Waals surface area contributed by atoms with Gasteiger partial charge in [-0.15, -0.1) is 0 Å². The zero-order chi connectivity index (χ0) is 14.3. The average molecular weight is 292 g/mol. The van der Waals surface area contributed by atoms with Gasteiger partial charge in [-0.05, 0) is 38.6 Å². The standard InChI is InChI=1S/C13H28N2O3S/c1-4-7-14-8-11-19(16,17)15(9-10-18-3)12(2)13-5-6-13/h12-14H,4-11H2,1-3H3. The first-order chi connectivity index (χ1) is 9.03. The van der Waals surface area contributed by atoms with Crippen LogP contribution in [0.1, 0.15) is 33.1 Å². The van der Waals surface area contributed by atoms with E-state index < -0.39 is 10.0 Å². The number of sulfonamides is 1. The van der Waals surface area contributed by atoms with Gasteiger partial charge in [0.2, 0.25) is 10.0 Å². The smallest absolute Gasteiger partial charge is 0.215 e. The molecule has 1 saturated carbocycles. The van der Waals surface area contributed by atoms with Crippen LogP contribution in [0.25, 0.3) is 0 Å². The predicted octanol–water partition coefficient (Wildman–Crippen LogP) is 1.06.